The van der Waals surface area contributed by atoms with Crippen molar-refractivity contribution in [2.75, 3.05) is 0 Å². The van der Waals surface area contributed by atoms with Crippen LogP contribution >= 0.6 is 0 Å². The molecule has 238 valence electrons. The first-order chi connectivity index (χ1) is 25.3. The van der Waals surface area contributed by atoms with E-state index in [2.05, 4.69) is 161 Å². The Morgan fingerprint density at radius 3 is 1.39 bits per heavy atom. The highest BCUT2D eigenvalue weighted by Gasteiger charge is 2.21. The Kier molecular flexibility index (Phi) is 5.86. The Morgan fingerprint density at radius 2 is 0.824 bits per heavy atom. The Balaban J connectivity index is 1.19. The second-order valence-corrected chi connectivity index (χ2v) is 12.9. The van der Waals surface area contributed by atoms with Crippen molar-refractivity contribution in [3.8, 4) is 34.4 Å². The smallest absolute Gasteiger partial charge is 0.240 e. The quantitative estimate of drug-likeness (QED) is 0.190. The molecule has 0 unspecified atom stereocenters. The largest absolute Gasteiger partial charge is 0.455 e. The summed E-state index contributed by atoms with van der Waals surface area (Å²) in [6, 6.07) is 56.7. The van der Waals surface area contributed by atoms with Gasteiger partial charge in [-0.05, 0) is 42.0 Å². The lowest BCUT2D eigenvalue weighted by molar-refractivity contribution is 0.670. The molecule has 11 rings (SSSR count). The first-order valence-corrected chi connectivity index (χ1v) is 17.0. The zero-order valence-corrected chi connectivity index (χ0v) is 27.2. The predicted octanol–water partition coefficient (Wildman–Crippen LogP) is 11.3. The summed E-state index contributed by atoms with van der Waals surface area (Å²) in [5, 5.41) is 6.79. The Hall–Kier alpha value is -7.05. The molecular weight excluding hydrogens is 627 g/mol. The number of benzene rings is 7. The van der Waals surface area contributed by atoms with Crippen molar-refractivity contribution < 1.29 is 4.42 Å². The SMILES string of the molecule is c1cc(-c2nc(-n3c4ccccc4c4ccccc43)nc(-n3c4ccccc4c4ccccc43)n2)cc(-c2cccc3c2oc2ccccc23)c1. The van der Waals surface area contributed by atoms with Crippen LogP contribution in [0, 0.1) is 0 Å². The minimum atomic E-state index is 0.555. The third-order valence-corrected chi connectivity index (χ3v) is 10.0. The third-order valence-electron chi connectivity index (χ3n) is 10.0. The number of hydrogen-bond acceptors (Lipinski definition) is 4. The molecule has 4 heterocycles. The van der Waals surface area contributed by atoms with Gasteiger partial charge in [0.05, 0.1) is 22.1 Å². The number of furan rings is 1. The first kappa shape index (κ1) is 27.9. The lowest BCUT2D eigenvalue weighted by atomic mass is 10.0. The van der Waals surface area contributed by atoms with Gasteiger partial charge in [0, 0.05) is 43.4 Å². The highest BCUT2D eigenvalue weighted by atomic mass is 16.3. The molecular formula is C45H27N5O. The van der Waals surface area contributed by atoms with Crippen molar-refractivity contribution in [1.82, 2.24) is 24.1 Å². The van der Waals surface area contributed by atoms with E-state index in [0.29, 0.717) is 17.7 Å². The van der Waals surface area contributed by atoms with Crippen molar-refractivity contribution in [2.24, 2.45) is 0 Å². The predicted molar refractivity (Wildman–Crippen MR) is 207 cm³/mol. The molecule has 0 fully saturated rings. The highest BCUT2D eigenvalue weighted by molar-refractivity contribution is 6.11. The van der Waals surface area contributed by atoms with Crippen LogP contribution in [0.4, 0.5) is 0 Å². The lowest BCUT2D eigenvalue weighted by Crippen LogP contribution is -2.10. The van der Waals surface area contributed by atoms with E-state index >= 15 is 0 Å². The minimum Gasteiger partial charge on any atom is -0.455 e. The molecule has 0 aliphatic carbocycles. The second kappa shape index (κ2) is 10.7. The normalized spacial score (nSPS) is 11.9. The summed E-state index contributed by atoms with van der Waals surface area (Å²) < 4.78 is 10.8. The number of hydrogen-bond donors (Lipinski definition) is 0. The minimum absolute atomic E-state index is 0.555. The molecule has 0 saturated carbocycles. The average molecular weight is 654 g/mol. The van der Waals surface area contributed by atoms with E-state index in [1.54, 1.807) is 0 Å². The summed E-state index contributed by atoms with van der Waals surface area (Å²) in [5.41, 5.74) is 8.81. The molecule has 0 radical (unpaired) electrons. The monoisotopic (exact) mass is 653 g/mol. The van der Waals surface area contributed by atoms with Crippen LogP contribution in [0.15, 0.2) is 168 Å². The summed E-state index contributed by atoms with van der Waals surface area (Å²) in [7, 11) is 0. The maximum absolute atomic E-state index is 6.44. The zero-order chi connectivity index (χ0) is 33.5. The highest BCUT2D eigenvalue weighted by Crippen LogP contribution is 2.38. The van der Waals surface area contributed by atoms with Crippen molar-refractivity contribution in [2.45, 2.75) is 0 Å². The number of nitrogens with zero attached hydrogens (tertiary/aromatic N) is 5. The molecule has 0 atom stereocenters. The van der Waals surface area contributed by atoms with E-state index in [1.165, 1.54) is 0 Å². The van der Waals surface area contributed by atoms with Crippen molar-refractivity contribution in [3.05, 3.63) is 164 Å². The van der Waals surface area contributed by atoms with Gasteiger partial charge < -0.3 is 4.42 Å². The molecule has 0 saturated heterocycles. The van der Waals surface area contributed by atoms with Gasteiger partial charge in [0.2, 0.25) is 11.9 Å². The molecule has 0 aliphatic rings. The fourth-order valence-corrected chi connectivity index (χ4v) is 7.76. The number of para-hydroxylation sites is 6. The van der Waals surface area contributed by atoms with Crippen LogP contribution in [0.25, 0.3) is 100.0 Å². The molecule has 6 nitrogen and oxygen atoms in total. The van der Waals surface area contributed by atoms with Crippen LogP contribution in [-0.2, 0) is 0 Å². The summed E-state index contributed by atoms with van der Waals surface area (Å²) in [6.45, 7) is 0. The van der Waals surface area contributed by atoms with Crippen LogP contribution < -0.4 is 0 Å². The van der Waals surface area contributed by atoms with E-state index in [-0.39, 0.29) is 0 Å². The fraction of sp³-hybridized carbons (Fsp3) is 0. The summed E-state index contributed by atoms with van der Waals surface area (Å²) in [5.74, 6) is 1.69. The lowest BCUT2D eigenvalue weighted by Gasteiger charge is -2.13. The molecule has 7 aromatic carbocycles. The number of rotatable bonds is 4. The van der Waals surface area contributed by atoms with Crippen molar-refractivity contribution in [3.63, 3.8) is 0 Å². The van der Waals surface area contributed by atoms with Gasteiger partial charge >= 0.3 is 0 Å². The van der Waals surface area contributed by atoms with Gasteiger partial charge in [0.15, 0.2) is 5.82 Å². The average Bonchev–Trinajstić information content (AvgIpc) is 3.86. The van der Waals surface area contributed by atoms with Crippen LogP contribution in [0.1, 0.15) is 0 Å². The topological polar surface area (TPSA) is 61.7 Å². The van der Waals surface area contributed by atoms with Crippen molar-refractivity contribution in [1.29, 1.82) is 0 Å². The van der Waals surface area contributed by atoms with E-state index in [1.807, 2.05) is 12.1 Å². The van der Waals surface area contributed by atoms with Gasteiger partial charge in [-0.25, -0.2) is 0 Å². The summed E-state index contributed by atoms with van der Waals surface area (Å²) >= 11 is 0. The maximum atomic E-state index is 6.44. The Labute approximate surface area is 291 Å². The van der Waals surface area contributed by atoms with Gasteiger partial charge in [0.1, 0.15) is 11.2 Å². The van der Waals surface area contributed by atoms with Crippen LogP contribution in [0.2, 0.25) is 0 Å². The van der Waals surface area contributed by atoms with Crippen LogP contribution in [0.5, 0.6) is 0 Å². The second-order valence-electron chi connectivity index (χ2n) is 12.9. The third kappa shape index (κ3) is 4.14. The zero-order valence-electron chi connectivity index (χ0n) is 27.2. The van der Waals surface area contributed by atoms with Gasteiger partial charge in [-0.2, -0.15) is 15.0 Å². The van der Waals surface area contributed by atoms with E-state index in [0.717, 1.165) is 82.2 Å². The van der Waals surface area contributed by atoms with Gasteiger partial charge in [0.25, 0.3) is 0 Å². The standard InChI is InChI=1S/C45H27N5O/c1-6-22-37-31(15-1)32-16-2-7-23-38(32)49(37)44-46-43(47-45(48-44)50-39-24-8-3-17-33(39)34-18-4-9-25-40(34)50)29-14-11-13-28(27-29)30-20-12-21-36-35-19-5-10-26-41(35)51-42(30)36/h1-27H. The Morgan fingerprint density at radius 1 is 0.373 bits per heavy atom. The first-order valence-electron chi connectivity index (χ1n) is 17.0. The number of fused-ring (bicyclic) bond motifs is 9. The van der Waals surface area contributed by atoms with Crippen LogP contribution in [0.3, 0.4) is 0 Å². The van der Waals surface area contributed by atoms with Gasteiger partial charge in [-0.15, -0.1) is 0 Å². The van der Waals surface area contributed by atoms with Gasteiger partial charge in [-0.1, -0.05) is 127 Å². The molecule has 0 aliphatic heterocycles. The molecule has 0 N–H and O–H groups in total. The van der Waals surface area contributed by atoms with Crippen LogP contribution in [-0.4, -0.2) is 24.1 Å². The molecule has 11 aromatic rings. The molecule has 6 heteroatoms. The molecule has 0 spiro atoms. The molecule has 51 heavy (non-hydrogen) atoms. The van der Waals surface area contributed by atoms with E-state index in [4.69, 9.17) is 19.4 Å². The summed E-state index contributed by atoms with van der Waals surface area (Å²) in [4.78, 5) is 15.8. The molecule has 0 amide bonds. The molecule has 0 bridgehead atoms. The number of aromatic nitrogens is 5. The van der Waals surface area contributed by atoms with E-state index in [9.17, 15) is 0 Å². The van der Waals surface area contributed by atoms with Crippen molar-refractivity contribution >= 4 is 65.6 Å². The fourth-order valence-electron chi connectivity index (χ4n) is 7.76. The maximum Gasteiger partial charge on any atom is 0.240 e. The Bertz CT molecular complexity index is 2930. The summed E-state index contributed by atoms with van der Waals surface area (Å²) in [6.07, 6.45) is 0. The van der Waals surface area contributed by atoms with Gasteiger partial charge in [-0.3, -0.25) is 9.13 Å². The van der Waals surface area contributed by atoms with E-state index < -0.39 is 0 Å². The molecule has 4 aromatic heterocycles.